The lowest BCUT2D eigenvalue weighted by atomic mass is 9.98. The number of carbonyl (C=O) groups excluding carboxylic acids is 1. The van der Waals surface area contributed by atoms with Gasteiger partial charge in [0.1, 0.15) is 23.8 Å². The highest BCUT2D eigenvalue weighted by molar-refractivity contribution is 7.85. The standard InChI is InChI=1S/C25H36N4O7S/c1-4-13-29(25(30)36-37(31,32)28-18-20-17-26-19(2)16-27-20)24-22(34-15-14-33-3)11-8-12-23(24)35-21-9-6-5-7-10-21/h8,11-12,16-17,21,28H,4-7,9-10,13-15,18H2,1-3H3. The van der Waals surface area contributed by atoms with Crippen LogP contribution in [0.1, 0.15) is 56.8 Å². The Labute approximate surface area is 218 Å². The number of carbonyl (C=O) groups is 1. The molecule has 11 nitrogen and oxygen atoms in total. The summed E-state index contributed by atoms with van der Waals surface area (Å²) in [6.07, 6.45) is 7.57. The fourth-order valence-electron chi connectivity index (χ4n) is 3.94. The monoisotopic (exact) mass is 536 g/mol. The third kappa shape index (κ3) is 8.83. The normalized spacial score (nSPS) is 14.2. The Hall–Kier alpha value is -2.96. The lowest BCUT2D eigenvalue weighted by molar-refractivity contribution is 0.143. The predicted molar refractivity (Wildman–Crippen MR) is 138 cm³/mol. The van der Waals surface area contributed by atoms with Gasteiger partial charge in [0.25, 0.3) is 0 Å². The SMILES string of the molecule is CCCN(C(=O)OS(=O)(=O)NCc1cnc(C)cn1)c1c(OCCOC)cccc1OC1CCCCC1. The molecule has 0 spiro atoms. The van der Waals surface area contributed by atoms with Crippen LogP contribution in [0.3, 0.4) is 0 Å². The first-order valence-corrected chi connectivity index (χ1v) is 13.9. The fraction of sp³-hybridized carbons (Fsp3) is 0.560. The molecule has 1 heterocycles. The molecular formula is C25H36N4O7S. The first-order valence-electron chi connectivity index (χ1n) is 12.5. The maximum atomic E-state index is 13.3. The average molecular weight is 537 g/mol. The topological polar surface area (TPSA) is 129 Å². The summed E-state index contributed by atoms with van der Waals surface area (Å²) in [5.74, 6) is 0.809. The molecule has 37 heavy (non-hydrogen) atoms. The Morgan fingerprint density at radius 3 is 2.54 bits per heavy atom. The maximum Gasteiger partial charge on any atom is 0.431 e. The van der Waals surface area contributed by atoms with Gasteiger partial charge in [-0.05, 0) is 51.2 Å². The lowest BCUT2D eigenvalue weighted by Crippen LogP contribution is -2.38. The van der Waals surface area contributed by atoms with Crippen LogP contribution in [0.25, 0.3) is 0 Å². The molecule has 1 aromatic heterocycles. The number of ether oxygens (including phenoxy) is 3. The molecule has 2 aromatic rings. The molecule has 204 valence electrons. The Balaban J connectivity index is 1.83. The largest absolute Gasteiger partial charge is 0.489 e. The van der Waals surface area contributed by atoms with Crippen molar-refractivity contribution in [1.29, 1.82) is 0 Å². The molecule has 1 N–H and O–H groups in total. The second kappa shape index (κ2) is 14.1. The molecule has 0 aliphatic heterocycles. The van der Waals surface area contributed by atoms with Gasteiger partial charge in [-0.25, -0.2) is 4.79 Å². The van der Waals surface area contributed by atoms with E-state index >= 15 is 0 Å². The third-order valence-corrected chi connectivity index (χ3v) is 6.60. The molecule has 0 bridgehead atoms. The van der Waals surface area contributed by atoms with Crippen LogP contribution in [0.4, 0.5) is 10.5 Å². The van der Waals surface area contributed by atoms with Crippen molar-refractivity contribution in [1.82, 2.24) is 14.7 Å². The van der Waals surface area contributed by atoms with Crippen molar-refractivity contribution in [3.05, 3.63) is 42.0 Å². The number of hydrogen-bond donors (Lipinski definition) is 1. The molecule has 1 aliphatic rings. The number of benzene rings is 1. The van der Waals surface area contributed by atoms with Gasteiger partial charge in [-0.15, -0.1) is 0 Å². The quantitative estimate of drug-likeness (QED) is 0.379. The van der Waals surface area contributed by atoms with Crippen molar-refractivity contribution in [2.24, 2.45) is 0 Å². The number of methoxy groups -OCH3 is 1. The van der Waals surface area contributed by atoms with Crippen LogP contribution in [0.2, 0.25) is 0 Å². The summed E-state index contributed by atoms with van der Waals surface area (Å²) in [4.78, 5) is 22.7. The lowest BCUT2D eigenvalue weighted by Gasteiger charge is -2.29. The van der Waals surface area contributed by atoms with E-state index in [1.54, 1.807) is 32.2 Å². The van der Waals surface area contributed by atoms with Gasteiger partial charge in [-0.2, -0.15) is 13.1 Å². The smallest absolute Gasteiger partial charge is 0.431 e. The average Bonchev–Trinajstić information content (AvgIpc) is 2.88. The molecule has 1 fully saturated rings. The van der Waals surface area contributed by atoms with Crippen LogP contribution in [-0.4, -0.2) is 57.5 Å². The van der Waals surface area contributed by atoms with Gasteiger partial charge in [0.2, 0.25) is 0 Å². The molecule has 3 rings (SSSR count). The minimum Gasteiger partial charge on any atom is -0.489 e. The zero-order valence-electron chi connectivity index (χ0n) is 21.6. The van der Waals surface area contributed by atoms with E-state index in [0.717, 1.165) is 25.7 Å². The van der Waals surface area contributed by atoms with Gasteiger partial charge in [0.05, 0.1) is 36.8 Å². The van der Waals surface area contributed by atoms with Gasteiger partial charge in [0.15, 0.2) is 0 Å². The number of anilines is 1. The van der Waals surface area contributed by atoms with E-state index in [1.807, 2.05) is 6.92 Å². The predicted octanol–water partition coefficient (Wildman–Crippen LogP) is 3.91. The van der Waals surface area contributed by atoms with E-state index in [0.29, 0.717) is 41.6 Å². The highest BCUT2D eigenvalue weighted by Crippen LogP contribution is 2.40. The summed E-state index contributed by atoms with van der Waals surface area (Å²) in [7, 11) is -2.88. The summed E-state index contributed by atoms with van der Waals surface area (Å²) in [6.45, 7) is 4.23. The van der Waals surface area contributed by atoms with Crippen molar-refractivity contribution >= 4 is 22.1 Å². The Morgan fingerprint density at radius 2 is 1.86 bits per heavy atom. The van der Waals surface area contributed by atoms with Gasteiger partial charge in [-0.3, -0.25) is 14.9 Å². The minimum absolute atomic E-state index is 0.00207. The van der Waals surface area contributed by atoms with Crippen LogP contribution < -0.4 is 19.1 Å². The van der Waals surface area contributed by atoms with E-state index in [2.05, 4.69) is 14.7 Å². The first kappa shape index (κ1) is 28.6. The van der Waals surface area contributed by atoms with Crippen LogP contribution in [0, 0.1) is 6.92 Å². The van der Waals surface area contributed by atoms with Crippen LogP contribution >= 0.6 is 0 Å². The van der Waals surface area contributed by atoms with Crippen LogP contribution in [0.15, 0.2) is 30.6 Å². The molecule has 1 amide bonds. The molecule has 0 saturated heterocycles. The van der Waals surface area contributed by atoms with Crippen molar-refractivity contribution in [3.63, 3.8) is 0 Å². The van der Waals surface area contributed by atoms with Crippen molar-refractivity contribution in [2.75, 3.05) is 31.8 Å². The highest BCUT2D eigenvalue weighted by Gasteiger charge is 2.30. The molecule has 12 heteroatoms. The molecule has 1 aliphatic carbocycles. The molecule has 1 aromatic carbocycles. The molecule has 1 saturated carbocycles. The Bertz CT molecular complexity index is 1110. The van der Waals surface area contributed by atoms with E-state index in [4.69, 9.17) is 18.4 Å². The van der Waals surface area contributed by atoms with Gasteiger partial charge >= 0.3 is 16.4 Å². The molecular weight excluding hydrogens is 500 g/mol. The number of amides is 1. The van der Waals surface area contributed by atoms with E-state index in [1.165, 1.54) is 23.7 Å². The summed E-state index contributed by atoms with van der Waals surface area (Å²) < 4.78 is 49.7. The number of para-hydroxylation sites is 1. The number of rotatable bonds is 13. The third-order valence-electron chi connectivity index (χ3n) is 5.74. The van der Waals surface area contributed by atoms with Crippen LogP contribution in [-0.2, 0) is 25.8 Å². The number of aromatic nitrogens is 2. The summed E-state index contributed by atoms with van der Waals surface area (Å²) in [6, 6.07) is 5.24. The van der Waals surface area contributed by atoms with Crippen LogP contribution in [0.5, 0.6) is 11.5 Å². The maximum absolute atomic E-state index is 13.3. The zero-order valence-corrected chi connectivity index (χ0v) is 22.5. The second-order valence-corrected chi connectivity index (χ2v) is 10.1. The minimum atomic E-state index is -4.44. The van der Waals surface area contributed by atoms with Gasteiger partial charge < -0.3 is 18.4 Å². The Morgan fingerprint density at radius 1 is 1.11 bits per heavy atom. The summed E-state index contributed by atoms with van der Waals surface area (Å²) in [5.41, 5.74) is 1.41. The number of nitrogens with one attached hydrogen (secondary N) is 1. The van der Waals surface area contributed by atoms with Gasteiger partial charge in [-0.1, -0.05) is 19.4 Å². The fourth-order valence-corrected chi connectivity index (χ4v) is 4.60. The van der Waals surface area contributed by atoms with Crippen molar-refractivity contribution < 1.29 is 31.6 Å². The van der Waals surface area contributed by atoms with Gasteiger partial charge in [0, 0.05) is 19.9 Å². The number of hydrogen-bond acceptors (Lipinski definition) is 9. The summed E-state index contributed by atoms with van der Waals surface area (Å²) in [5, 5.41) is 0. The molecule has 0 radical (unpaired) electrons. The highest BCUT2D eigenvalue weighted by atomic mass is 32.2. The Kier molecular flexibility index (Phi) is 10.9. The first-order chi connectivity index (χ1) is 17.8. The van der Waals surface area contributed by atoms with Crippen molar-refractivity contribution in [3.8, 4) is 11.5 Å². The number of nitrogens with zero attached hydrogens (tertiary/aromatic N) is 3. The van der Waals surface area contributed by atoms with E-state index < -0.39 is 16.4 Å². The molecule has 0 atom stereocenters. The van der Waals surface area contributed by atoms with E-state index in [-0.39, 0.29) is 25.8 Å². The summed E-state index contributed by atoms with van der Waals surface area (Å²) >= 11 is 0. The molecule has 0 unspecified atom stereocenters. The van der Waals surface area contributed by atoms with E-state index in [9.17, 15) is 13.2 Å². The van der Waals surface area contributed by atoms with Crippen molar-refractivity contribution in [2.45, 2.75) is 65.0 Å². The second-order valence-electron chi connectivity index (χ2n) is 8.75. The zero-order chi connectivity index (χ0) is 26.7. The number of aryl methyl sites for hydroxylation is 1.